The van der Waals surface area contributed by atoms with E-state index in [0.29, 0.717) is 26.2 Å². The van der Waals surface area contributed by atoms with Gasteiger partial charge in [0.2, 0.25) is 5.91 Å². The largest absolute Gasteiger partial charge is 0.421 e. The van der Waals surface area contributed by atoms with Gasteiger partial charge >= 0.3 is 6.18 Å². The van der Waals surface area contributed by atoms with Crippen LogP contribution in [0.5, 0.6) is 0 Å². The summed E-state index contributed by atoms with van der Waals surface area (Å²) in [6.07, 6.45) is -1.83. The molecule has 1 aliphatic heterocycles. The lowest BCUT2D eigenvalue weighted by molar-refractivity contribution is -0.139. The number of carbonyl (C=O) groups is 1. The van der Waals surface area contributed by atoms with Gasteiger partial charge in [-0.25, -0.2) is 4.98 Å². The van der Waals surface area contributed by atoms with Crippen LogP contribution in [0.1, 0.15) is 5.56 Å². The average molecular weight is 372 g/mol. The Kier molecular flexibility index (Phi) is 4.80. The van der Waals surface area contributed by atoms with Gasteiger partial charge in [0.15, 0.2) is 5.13 Å². The van der Waals surface area contributed by atoms with Crippen molar-refractivity contribution in [1.82, 2.24) is 14.5 Å². The van der Waals surface area contributed by atoms with E-state index in [-0.39, 0.29) is 5.91 Å². The second-order valence-electron chi connectivity index (χ2n) is 5.54. The Hall–Kier alpha value is -2.36. The van der Waals surface area contributed by atoms with E-state index in [9.17, 15) is 22.8 Å². The molecule has 0 unspecified atom stereocenters. The van der Waals surface area contributed by atoms with Crippen LogP contribution in [0.25, 0.3) is 0 Å². The van der Waals surface area contributed by atoms with Crippen molar-refractivity contribution in [2.45, 2.75) is 12.7 Å². The molecule has 0 spiro atoms. The van der Waals surface area contributed by atoms with Gasteiger partial charge in [-0.1, -0.05) is 0 Å². The van der Waals surface area contributed by atoms with Gasteiger partial charge in [0.05, 0.1) is 0 Å². The maximum Gasteiger partial charge on any atom is 0.421 e. The molecule has 0 N–H and O–H groups in total. The van der Waals surface area contributed by atoms with Crippen LogP contribution in [-0.4, -0.2) is 46.5 Å². The van der Waals surface area contributed by atoms with Crippen LogP contribution in [0.3, 0.4) is 0 Å². The van der Waals surface area contributed by atoms with Gasteiger partial charge < -0.3 is 14.4 Å². The highest BCUT2D eigenvalue weighted by Gasteiger charge is 2.34. The van der Waals surface area contributed by atoms with Gasteiger partial charge in [-0.15, -0.1) is 11.3 Å². The van der Waals surface area contributed by atoms with Crippen LogP contribution in [0.4, 0.5) is 18.3 Å². The van der Waals surface area contributed by atoms with Crippen molar-refractivity contribution in [2.24, 2.45) is 0 Å². The first-order chi connectivity index (χ1) is 11.9. The fourth-order valence-electron chi connectivity index (χ4n) is 2.64. The molecule has 0 saturated carbocycles. The van der Waals surface area contributed by atoms with Gasteiger partial charge in [0, 0.05) is 44.0 Å². The summed E-state index contributed by atoms with van der Waals surface area (Å²) in [5, 5.41) is 2.74. The molecule has 0 aliphatic carbocycles. The molecule has 1 amide bonds. The van der Waals surface area contributed by atoms with E-state index in [1.54, 1.807) is 11.1 Å². The average Bonchev–Trinajstić information content (AvgIpc) is 3.10. The second-order valence-corrected chi connectivity index (χ2v) is 6.41. The molecule has 0 aromatic carbocycles. The van der Waals surface area contributed by atoms with E-state index in [2.05, 4.69) is 4.98 Å². The Labute approximate surface area is 145 Å². The minimum atomic E-state index is -4.73. The van der Waals surface area contributed by atoms with Crippen molar-refractivity contribution in [3.63, 3.8) is 0 Å². The number of hydrogen-bond donors (Lipinski definition) is 0. The third-order valence-electron chi connectivity index (χ3n) is 3.95. The van der Waals surface area contributed by atoms with E-state index in [1.807, 2.05) is 10.3 Å². The smallest absolute Gasteiger partial charge is 0.345 e. The van der Waals surface area contributed by atoms with Gasteiger partial charge in [-0.3, -0.25) is 9.59 Å². The van der Waals surface area contributed by atoms with E-state index >= 15 is 0 Å². The Balaban J connectivity index is 1.65. The molecule has 1 saturated heterocycles. The molecule has 2 aromatic rings. The zero-order valence-electron chi connectivity index (χ0n) is 13.1. The number of piperazine rings is 1. The number of alkyl halides is 3. The fourth-order valence-corrected chi connectivity index (χ4v) is 3.34. The number of thiazole rings is 1. The third kappa shape index (κ3) is 3.84. The fraction of sp³-hybridized carbons (Fsp3) is 0.400. The van der Waals surface area contributed by atoms with Gasteiger partial charge in [-0.05, 0) is 12.1 Å². The zero-order chi connectivity index (χ0) is 18.0. The number of carbonyl (C=O) groups excluding carboxylic acids is 1. The number of rotatable bonds is 3. The van der Waals surface area contributed by atoms with Crippen molar-refractivity contribution < 1.29 is 18.0 Å². The van der Waals surface area contributed by atoms with Crippen molar-refractivity contribution in [3.05, 3.63) is 45.8 Å². The lowest BCUT2D eigenvalue weighted by Gasteiger charge is -2.34. The van der Waals surface area contributed by atoms with E-state index in [1.165, 1.54) is 17.5 Å². The van der Waals surface area contributed by atoms with Crippen LogP contribution in [0.15, 0.2) is 34.7 Å². The molecule has 10 heteroatoms. The summed E-state index contributed by atoms with van der Waals surface area (Å²) in [5.41, 5.74) is -2.47. The van der Waals surface area contributed by atoms with Crippen molar-refractivity contribution in [1.29, 1.82) is 0 Å². The topological polar surface area (TPSA) is 58.4 Å². The van der Waals surface area contributed by atoms with Crippen LogP contribution in [-0.2, 0) is 17.5 Å². The molecule has 6 nitrogen and oxygen atoms in total. The summed E-state index contributed by atoms with van der Waals surface area (Å²) in [6.45, 7) is 1.66. The Morgan fingerprint density at radius 3 is 2.56 bits per heavy atom. The molecule has 0 radical (unpaired) electrons. The van der Waals surface area contributed by atoms with Crippen LogP contribution in [0.2, 0.25) is 0 Å². The maximum atomic E-state index is 12.8. The lowest BCUT2D eigenvalue weighted by Crippen LogP contribution is -2.50. The summed E-state index contributed by atoms with van der Waals surface area (Å²) in [4.78, 5) is 32.0. The lowest BCUT2D eigenvalue weighted by atomic mass is 10.2. The first kappa shape index (κ1) is 17.5. The molecule has 134 valence electrons. The van der Waals surface area contributed by atoms with E-state index in [4.69, 9.17) is 0 Å². The van der Waals surface area contributed by atoms with Crippen molar-refractivity contribution in [3.8, 4) is 0 Å². The Morgan fingerprint density at radius 1 is 1.24 bits per heavy atom. The maximum absolute atomic E-state index is 12.8. The Bertz CT molecular complexity index is 796. The quantitative estimate of drug-likeness (QED) is 0.823. The predicted molar refractivity (Wildman–Crippen MR) is 86.6 cm³/mol. The van der Waals surface area contributed by atoms with Crippen molar-refractivity contribution >= 4 is 22.4 Å². The molecule has 25 heavy (non-hydrogen) atoms. The number of aromatic nitrogens is 2. The van der Waals surface area contributed by atoms with E-state index < -0.39 is 23.8 Å². The van der Waals surface area contributed by atoms with E-state index in [0.717, 1.165) is 21.8 Å². The number of halogens is 3. The summed E-state index contributed by atoms with van der Waals surface area (Å²) in [7, 11) is 0. The number of pyridine rings is 1. The number of amides is 1. The molecular formula is C15H15F3N4O2S. The van der Waals surface area contributed by atoms with Crippen LogP contribution >= 0.6 is 11.3 Å². The molecule has 1 aliphatic rings. The normalized spacial score (nSPS) is 15.5. The highest BCUT2D eigenvalue weighted by Crippen LogP contribution is 2.26. The molecule has 1 fully saturated rings. The standard InChI is InChI=1S/C15H15F3N4O2S/c16-15(17,18)11-2-1-4-22(13(11)24)10-12(23)20-5-7-21(8-6-20)14-19-3-9-25-14/h1-4,9H,5-8,10H2. The van der Waals surface area contributed by atoms with Gasteiger partial charge in [0.25, 0.3) is 5.56 Å². The third-order valence-corrected chi connectivity index (χ3v) is 4.79. The molecular weight excluding hydrogens is 357 g/mol. The van der Waals surface area contributed by atoms with Gasteiger partial charge in [0.1, 0.15) is 12.1 Å². The molecule has 0 atom stereocenters. The molecule has 0 bridgehead atoms. The first-order valence-electron chi connectivity index (χ1n) is 7.55. The predicted octanol–water partition coefficient (Wildman–Crippen LogP) is 1.67. The Morgan fingerprint density at radius 2 is 1.96 bits per heavy atom. The van der Waals surface area contributed by atoms with Gasteiger partial charge in [-0.2, -0.15) is 13.2 Å². The first-order valence-corrected chi connectivity index (χ1v) is 8.43. The number of anilines is 1. The number of hydrogen-bond acceptors (Lipinski definition) is 5. The SMILES string of the molecule is O=C(Cn1cccc(C(F)(F)F)c1=O)N1CCN(c2nccs2)CC1. The highest BCUT2D eigenvalue weighted by atomic mass is 32.1. The molecule has 3 rings (SSSR count). The summed E-state index contributed by atoms with van der Waals surface area (Å²) in [5.74, 6) is -0.375. The summed E-state index contributed by atoms with van der Waals surface area (Å²) in [6, 6.07) is 1.84. The van der Waals surface area contributed by atoms with Crippen molar-refractivity contribution in [2.75, 3.05) is 31.1 Å². The van der Waals surface area contributed by atoms with Crippen LogP contribution < -0.4 is 10.5 Å². The minimum absolute atomic E-state index is 0.375. The molecule has 2 aromatic heterocycles. The second kappa shape index (κ2) is 6.87. The monoisotopic (exact) mass is 372 g/mol. The minimum Gasteiger partial charge on any atom is -0.345 e. The highest BCUT2D eigenvalue weighted by molar-refractivity contribution is 7.13. The summed E-state index contributed by atoms with van der Waals surface area (Å²) < 4.78 is 39.1. The summed E-state index contributed by atoms with van der Waals surface area (Å²) >= 11 is 1.51. The van der Waals surface area contributed by atoms with Crippen LogP contribution in [0, 0.1) is 0 Å². The zero-order valence-corrected chi connectivity index (χ0v) is 13.9. The number of nitrogens with zero attached hydrogens (tertiary/aromatic N) is 4. The molecule has 3 heterocycles.